The lowest BCUT2D eigenvalue weighted by Gasteiger charge is -2.13. The van der Waals surface area contributed by atoms with Gasteiger partial charge in [-0.15, -0.1) is 0 Å². The summed E-state index contributed by atoms with van der Waals surface area (Å²) in [6, 6.07) is 2.57. The minimum atomic E-state index is -4.48. The Labute approximate surface area is 91.0 Å². The van der Waals surface area contributed by atoms with Crippen molar-refractivity contribution in [3.05, 3.63) is 23.0 Å². The maximum atomic E-state index is 12.6. The fourth-order valence-electron chi connectivity index (χ4n) is 1.34. The normalized spacial score (nSPS) is 11.5. The van der Waals surface area contributed by atoms with Gasteiger partial charge in [-0.1, -0.05) is 0 Å². The van der Waals surface area contributed by atoms with Crippen LogP contribution < -0.4 is 0 Å². The SMILES string of the molecule is CCOCn1c(C(F)(F)F)cc(C#N)c1C. The maximum absolute atomic E-state index is 12.6. The topological polar surface area (TPSA) is 38.0 Å². The van der Waals surface area contributed by atoms with Crippen molar-refractivity contribution in [2.24, 2.45) is 0 Å². The Morgan fingerprint density at radius 3 is 2.56 bits per heavy atom. The zero-order chi connectivity index (χ0) is 12.3. The molecule has 6 heteroatoms. The van der Waals surface area contributed by atoms with Crippen molar-refractivity contribution in [1.29, 1.82) is 5.26 Å². The van der Waals surface area contributed by atoms with Gasteiger partial charge >= 0.3 is 6.18 Å². The standard InChI is InChI=1S/C10H11F3N2O/c1-3-16-6-15-7(2)8(5-14)4-9(15)10(11,12)13/h4H,3,6H2,1-2H3. The molecule has 0 fully saturated rings. The molecule has 1 aromatic heterocycles. The first-order chi connectivity index (χ1) is 7.41. The monoisotopic (exact) mass is 232 g/mol. The van der Waals surface area contributed by atoms with Gasteiger partial charge in [0.2, 0.25) is 0 Å². The van der Waals surface area contributed by atoms with E-state index in [-0.39, 0.29) is 18.0 Å². The molecular weight excluding hydrogens is 221 g/mol. The predicted octanol–water partition coefficient (Wildman–Crippen LogP) is 2.68. The summed E-state index contributed by atoms with van der Waals surface area (Å²) in [7, 11) is 0. The maximum Gasteiger partial charge on any atom is 0.431 e. The van der Waals surface area contributed by atoms with E-state index in [2.05, 4.69) is 0 Å². The van der Waals surface area contributed by atoms with Crippen LogP contribution in [0.4, 0.5) is 13.2 Å². The fraction of sp³-hybridized carbons (Fsp3) is 0.500. The first-order valence-corrected chi connectivity index (χ1v) is 4.67. The summed E-state index contributed by atoms with van der Waals surface area (Å²) in [4.78, 5) is 0. The average Bonchev–Trinajstić information content (AvgIpc) is 2.52. The van der Waals surface area contributed by atoms with Crippen molar-refractivity contribution in [3.8, 4) is 6.07 Å². The second-order valence-electron chi connectivity index (χ2n) is 3.19. The molecule has 0 saturated carbocycles. The molecule has 0 unspecified atom stereocenters. The molecule has 0 atom stereocenters. The number of nitriles is 1. The van der Waals surface area contributed by atoms with Crippen molar-refractivity contribution in [1.82, 2.24) is 4.57 Å². The Kier molecular flexibility index (Phi) is 3.60. The van der Waals surface area contributed by atoms with Gasteiger partial charge in [0.15, 0.2) is 0 Å². The summed E-state index contributed by atoms with van der Waals surface area (Å²) in [5.74, 6) is 0. The molecule has 0 radical (unpaired) electrons. The van der Waals surface area contributed by atoms with Crippen LogP contribution in [-0.4, -0.2) is 11.2 Å². The van der Waals surface area contributed by atoms with Gasteiger partial charge in [0, 0.05) is 12.3 Å². The van der Waals surface area contributed by atoms with Gasteiger partial charge in [-0.3, -0.25) is 0 Å². The van der Waals surface area contributed by atoms with Crippen LogP contribution in [0, 0.1) is 18.3 Å². The molecule has 0 aliphatic rings. The summed E-state index contributed by atoms with van der Waals surface area (Å²) in [6.07, 6.45) is -4.48. The quantitative estimate of drug-likeness (QED) is 0.803. The van der Waals surface area contributed by atoms with E-state index < -0.39 is 11.9 Å². The second kappa shape index (κ2) is 4.58. The molecule has 0 spiro atoms. The van der Waals surface area contributed by atoms with Crippen LogP contribution in [0.5, 0.6) is 0 Å². The molecule has 0 aliphatic heterocycles. The van der Waals surface area contributed by atoms with E-state index in [1.165, 1.54) is 6.92 Å². The van der Waals surface area contributed by atoms with Gasteiger partial charge in [-0.25, -0.2) is 0 Å². The van der Waals surface area contributed by atoms with E-state index in [9.17, 15) is 13.2 Å². The lowest BCUT2D eigenvalue weighted by molar-refractivity contribution is -0.146. The van der Waals surface area contributed by atoms with Gasteiger partial charge < -0.3 is 9.30 Å². The Hall–Kier alpha value is -1.48. The van der Waals surface area contributed by atoms with Gasteiger partial charge in [0.05, 0.1) is 5.56 Å². The van der Waals surface area contributed by atoms with Gasteiger partial charge in [0.1, 0.15) is 18.5 Å². The third-order valence-electron chi connectivity index (χ3n) is 2.20. The number of rotatable bonds is 3. The first kappa shape index (κ1) is 12.6. The van der Waals surface area contributed by atoms with Crippen molar-refractivity contribution >= 4 is 0 Å². The molecule has 0 aromatic carbocycles. The van der Waals surface area contributed by atoms with Gasteiger partial charge in [-0.2, -0.15) is 18.4 Å². The van der Waals surface area contributed by atoms with Crippen LogP contribution in [0.2, 0.25) is 0 Å². The fourth-order valence-corrected chi connectivity index (χ4v) is 1.34. The predicted molar refractivity (Wildman–Crippen MR) is 50.5 cm³/mol. The molecular formula is C10H11F3N2O. The number of nitrogens with zero attached hydrogens (tertiary/aromatic N) is 2. The third kappa shape index (κ3) is 2.36. The highest BCUT2D eigenvalue weighted by Gasteiger charge is 2.36. The Morgan fingerprint density at radius 1 is 1.50 bits per heavy atom. The number of alkyl halides is 3. The van der Waals surface area contributed by atoms with E-state index in [4.69, 9.17) is 10.00 Å². The largest absolute Gasteiger partial charge is 0.431 e. The summed E-state index contributed by atoms with van der Waals surface area (Å²) in [5, 5.41) is 8.68. The van der Waals surface area contributed by atoms with Crippen molar-refractivity contribution in [2.75, 3.05) is 6.61 Å². The summed E-state index contributed by atoms with van der Waals surface area (Å²) < 4.78 is 43.8. The van der Waals surface area contributed by atoms with E-state index >= 15 is 0 Å². The second-order valence-corrected chi connectivity index (χ2v) is 3.19. The highest BCUT2D eigenvalue weighted by Crippen LogP contribution is 2.32. The number of aromatic nitrogens is 1. The van der Waals surface area contributed by atoms with Gasteiger partial charge in [-0.05, 0) is 19.9 Å². The summed E-state index contributed by atoms with van der Waals surface area (Å²) in [6.45, 7) is 3.28. The molecule has 0 bridgehead atoms. The molecule has 88 valence electrons. The molecule has 3 nitrogen and oxygen atoms in total. The number of halogens is 3. The zero-order valence-corrected chi connectivity index (χ0v) is 8.93. The highest BCUT2D eigenvalue weighted by molar-refractivity contribution is 5.38. The lowest BCUT2D eigenvalue weighted by Crippen LogP contribution is -2.16. The van der Waals surface area contributed by atoms with E-state index in [1.54, 1.807) is 13.0 Å². The van der Waals surface area contributed by atoms with Crippen LogP contribution in [0.25, 0.3) is 0 Å². The number of hydrogen-bond donors (Lipinski definition) is 0. The average molecular weight is 232 g/mol. The zero-order valence-electron chi connectivity index (χ0n) is 8.93. The van der Waals surface area contributed by atoms with Crippen molar-refractivity contribution in [3.63, 3.8) is 0 Å². The molecule has 1 aromatic rings. The smallest absolute Gasteiger partial charge is 0.361 e. The van der Waals surface area contributed by atoms with Crippen LogP contribution in [0.1, 0.15) is 23.9 Å². The van der Waals surface area contributed by atoms with Crippen LogP contribution >= 0.6 is 0 Å². The van der Waals surface area contributed by atoms with Crippen LogP contribution in [-0.2, 0) is 17.6 Å². The Balaban J connectivity index is 3.21. The number of hydrogen-bond acceptors (Lipinski definition) is 2. The highest BCUT2D eigenvalue weighted by atomic mass is 19.4. The van der Waals surface area contributed by atoms with Crippen molar-refractivity contribution in [2.45, 2.75) is 26.8 Å². The summed E-state index contributed by atoms with van der Waals surface area (Å²) >= 11 is 0. The molecule has 1 heterocycles. The third-order valence-corrected chi connectivity index (χ3v) is 2.20. The molecule has 0 N–H and O–H groups in total. The van der Waals surface area contributed by atoms with Crippen LogP contribution in [0.15, 0.2) is 6.07 Å². The van der Waals surface area contributed by atoms with E-state index in [1.807, 2.05) is 0 Å². The molecule has 0 amide bonds. The molecule has 0 saturated heterocycles. The van der Waals surface area contributed by atoms with Crippen molar-refractivity contribution < 1.29 is 17.9 Å². The van der Waals surface area contributed by atoms with Crippen LogP contribution in [0.3, 0.4) is 0 Å². The Morgan fingerprint density at radius 2 is 2.12 bits per heavy atom. The summed E-state index contributed by atoms with van der Waals surface area (Å²) in [5.41, 5.74) is -0.565. The molecule has 16 heavy (non-hydrogen) atoms. The minimum absolute atomic E-state index is 0.0204. The van der Waals surface area contributed by atoms with Gasteiger partial charge in [0.25, 0.3) is 0 Å². The lowest BCUT2D eigenvalue weighted by atomic mass is 10.3. The number of ether oxygens (including phenoxy) is 1. The van der Waals surface area contributed by atoms with E-state index in [0.717, 1.165) is 10.6 Å². The minimum Gasteiger partial charge on any atom is -0.361 e. The molecule has 0 aliphatic carbocycles. The first-order valence-electron chi connectivity index (χ1n) is 4.67. The van der Waals surface area contributed by atoms with E-state index in [0.29, 0.717) is 6.61 Å². The molecule has 1 rings (SSSR count). The Bertz CT molecular complexity index is 415.